The molecule has 0 spiro atoms. The van der Waals surface area contributed by atoms with Gasteiger partial charge < -0.3 is 16.1 Å². The summed E-state index contributed by atoms with van der Waals surface area (Å²) in [6, 6.07) is 8.94. The first kappa shape index (κ1) is 24.5. The number of hydrogen-bond donors (Lipinski definition) is 0. The quantitative estimate of drug-likeness (QED) is 0.273. The molecule has 28 heavy (non-hydrogen) atoms. The third-order valence-corrected chi connectivity index (χ3v) is 7.62. The molecular weight excluding hydrogens is 461 g/mol. The molecule has 1 radical (unpaired) electrons. The maximum absolute atomic E-state index is 6.73. The van der Waals surface area contributed by atoms with Gasteiger partial charge in [-0.1, -0.05) is 31.4 Å². The van der Waals surface area contributed by atoms with Gasteiger partial charge in [-0.15, -0.1) is 21.9 Å². The van der Waals surface area contributed by atoms with E-state index >= 15 is 0 Å². The van der Waals surface area contributed by atoms with Gasteiger partial charge in [-0.05, 0) is 73.6 Å². The Morgan fingerprint density at radius 1 is 1.14 bits per heavy atom. The van der Waals surface area contributed by atoms with Gasteiger partial charge in [-0.3, -0.25) is 0 Å². The Kier molecular flexibility index (Phi) is 10.7. The molecule has 0 saturated heterocycles. The molecule has 0 N–H and O–H groups in total. The SMILES string of the molecule is COCc1c(C)cc(CC[C@H]2C(Cl)CC[C@@H]2CCCc2cc[c-]s2)cc1C.[Y]. The van der Waals surface area contributed by atoms with Gasteiger partial charge in [0.2, 0.25) is 0 Å². The molecule has 0 amide bonds. The van der Waals surface area contributed by atoms with Crippen LogP contribution in [-0.4, -0.2) is 12.5 Å². The predicted molar refractivity (Wildman–Crippen MR) is 117 cm³/mol. The topological polar surface area (TPSA) is 9.23 Å². The monoisotopic (exact) mass is 492 g/mol. The number of rotatable bonds is 9. The number of methoxy groups -OCH3 is 1. The van der Waals surface area contributed by atoms with Crippen molar-refractivity contribution in [2.75, 3.05) is 7.11 Å². The second kappa shape index (κ2) is 12.2. The molecule has 1 aromatic carbocycles. The smallest absolute Gasteiger partial charge is 0.0718 e. The molecule has 1 aliphatic carbocycles. The molecular formula is C24H32ClOSY-. The van der Waals surface area contributed by atoms with Gasteiger partial charge in [-0.2, -0.15) is 6.07 Å². The third kappa shape index (κ3) is 6.64. The number of ether oxygens (including phenoxy) is 1. The minimum absolute atomic E-state index is 0. The minimum atomic E-state index is 0. The summed E-state index contributed by atoms with van der Waals surface area (Å²) in [5.41, 5.74) is 5.49. The van der Waals surface area contributed by atoms with E-state index in [9.17, 15) is 0 Å². The summed E-state index contributed by atoms with van der Waals surface area (Å²) >= 11 is 8.49. The molecule has 1 aromatic heterocycles. The first-order valence-electron chi connectivity index (χ1n) is 10.2. The third-order valence-electron chi connectivity index (χ3n) is 6.22. The number of halogens is 1. The zero-order chi connectivity index (χ0) is 19.2. The van der Waals surface area contributed by atoms with E-state index in [1.54, 1.807) is 18.4 Å². The van der Waals surface area contributed by atoms with E-state index in [1.165, 1.54) is 65.7 Å². The number of aryl methyl sites for hydroxylation is 4. The van der Waals surface area contributed by atoms with Crippen LogP contribution >= 0.6 is 22.9 Å². The molecule has 2 aromatic rings. The van der Waals surface area contributed by atoms with E-state index in [-0.39, 0.29) is 32.7 Å². The number of hydrogen-bond acceptors (Lipinski definition) is 2. The molecule has 1 aliphatic rings. The van der Waals surface area contributed by atoms with Crippen LogP contribution in [0.4, 0.5) is 0 Å². The van der Waals surface area contributed by atoms with Crippen LogP contribution in [0.2, 0.25) is 0 Å². The molecule has 1 saturated carbocycles. The van der Waals surface area contributed by atoms with Gasteiger partial charge in [-0.25, -0.2) is 6.07 Å². The molecule has 1 nitrogen and oxygen atoms in total. The van der Waals surface area contributed by atoms with Crippen molar-refractivity contribution in [2.24, 2.45) is 11.8 Å². The van der Waals surface area contributed by atoms with Crippen LogP contribution in [0.3, 0.4) is 0 Å². The number of benzene rings is 1. The number of thiophene rings is 1. The van der Waals surface area contributed by atoms with Crippen LogP contribution in [0.15, 0.2) is 24.3 Å². The average molecular weight is 493 g/mol. The van der Waals surface area contributed by atoms with Crippen LogP contribution in [0.5, 0.6) is 0 Å². The predicted octanol–water partition coefficient (Wildman–Crippen LogP) is 6.90. The molecule has 3 atom stereocenters. The fourth-order valence-electron chi connectivity index (χ4n) is 4.75. The van der Waals surface area contributed by atoms with E-state index in [2.05, 4.69) is 37.4 Å². The maximum Gasteiger partial charge on any atom is 0.0718 e. The largest absolute Gasteiger partial charge is 0.380 e. The van der Waals surface area contributed by atoms with Gasteiger partial charge in [0, 0.05) is 45.2 Å². The van der Waals surface area contributed by atoms with E-state index in [1.807, 2.05) is 6.07 Å². The van der Waals surface area contributed by atoms with Crippen molar-refractivity contribution in [1.82, 2.24) is 0 Å². The van der Waals surface area contributed by atoms with Crippen molar-refractivity contribution in [3.05, 3.63) is 56.8 Å². The maximum atomic E-state index is 6.73. The van der Waals surface area contributed by atoms with Crippen molar-refractivity contribution in [3.63, 3.8) is 0 Å². The Morgan fingerprint density at radius 2 is 1.89 bits per heavy atom. The van der Waals surface area contributed by atoms with Crippen LogP contribution < -0.4 is 0 Å². The minimum Gasteiger partial charge on any atom is -0.380 e. The Morgan fingerprint density at radius 3 is 2.54 bits per heavy atom. The van der Waals surface area contributed by atoms with Crippen molar-refractivity contribution < 1.29 is 37.4 Å². The molecule has 1 fully saturated rings. The van der Waals surface area contributed by atoms with Crippen LogP contribution in [0, 0.1) is 31.1 Å². The molecule has 151 valence electrons. The fourth-order valence-corrected chi connectivity index (χ4v) is 5.88. The second-order valence-corrected chi connectivity index (χ2v) is 9.63. The van der Waals surface area contributed by atoms with Gasteiger partial charge in [0.25, 0.3) is 0 Å². The van der Waals surface area contributed by atoms with Crippen molar-refractivity contribution in [2.45, 2.75) is 70.8 Å². The molecule has 4 heteroatoms. The summed E-state index contributed by atoms with van der Waals surface area (Å²) in [5, 5.41) is 3.56. The van der Waals surface area contributed by atoms with Gasteiger partial charge in [0.15, 0.2) is 0 Å². The second-order valence-electron chi connectivity index (χ2n) is 8.11. The normalized spacial score (nSPS) is 21.6. The summed E-state index contributed by atoms with van der Waals surface area (Å²) in [6.45, 7) is 5.11. The molecule has 1 unspecified atom stereocenters. The van der Waals surface area contributed by atoms with E-state index in [0.29, 0.717) is 17.9 Å². The van der Waals surface area contributed by atoms with Gasteiger partial charge in [0.05, 0.1) is 6.61 Å². The van der Waals surface area contributed by atoms with Crippen molar-refractivity contribution in [1.29, 1.82) is 0 Å². The summed E-state index contributed by atoms with van der Waals surface area (Å²) in [4.78, 5) is 1.47. The summed E-state index contributed by atoms with van der Waals surface area (Å²) in [5.74, 6) is 1.47. The van der Waals surface area contributed by atoms with Crippen molar-refractivity contribution >= 4 is 22.9 Å². The van der Waals surface area contributed by atoms with E-state index in [4.69, 9.17) is 16.3 Å². The molecule has 1 heterocycles. The van der Waals surface area contributed by atoms with Crippen molar-refractivity contribution in [3.8, 4) is 0 Å². The zero-order valence-corrected chi connectivity index (χ0v) is 21.9. The summed E-state index contributed by atoms with van der Waals surface area (Å²) in [6.07, 6.45) is 8.64. The van der Waals surface area contributed by atoms with Crippen LogP contribution in [0.25, 0.3) is 0 Å². The Bertz CT molecular complexity index is 692. The van der Waals surface area contributed by atoms with Crippen LogP contribution in [-0.2, 0) is 56.9 Å². The summed E-state index contributed by atoms with van der Waals surface area (Å²) < 4.78 is 5.34. The number of alkyl halides is 1. The molecule has 3 rings (SSSR count). The summed E-state index contributed by atoms with van der Waals surface area (Å²) in [7, 11) is 1.77. The average Bonchev–Trinajstić information content (AvgIpc) is 3.27. The van der Waals surface area contributed by atoms with E-state index < -0.39 is 0 Å². The van der Waals surface area contributed by atoms with Gasteiger partial charge in [0.1, 0.15) is 0 Å². The first-order chi connectivity index (χ1) is 13.1. The first-order valence-corrected chi connectivity index (χ1v) is 11.5. The van der Waals surface area contributed by atoms with E-state index in [0.717, 1.165) is 12.3 Å². The zero-order valence-electron chi connectivity index (χ0n) is 17.5. The standard InChI is InChI=1S/C24H32ClOS.Y/c1-17-14-19(15-18(2)23(17)16-26-3)9-11-22-20(10-12-24(22)25)6-4-7-21-8-5-13-27-21;/h5,8,14-15,20,22,24H,4,6-7,9-12,16H2,1-3H3;/q-1;/t20-,22+,24?;/m0./s1. The Balaban J connectivity index is 0.00000280. The van der Waals surface area contributed by atoms with Crippen LogP contribution in [0.1, 0.15) is 59.2 Å². The Hall–Kier alpha value is 0.274. The Labute approximate surface area is 205 Å². The van der Waals surface area contributed by atoms with Gasteiger partial charge >= 0.3 is 0 Å². The fraction of sp³-hybridized carbons (Fsp3) is 0.583. The molecule has 0 bridgehead atoms. The molecule has 0 aliphatic heterocycles.